The van der Waals surface area contributed by atoms with E-state index in [1.807, 2.05) is 27.9 Å². The highest BCUT2D eigenvalue weighted by atomic mass is 16.5. The summed E-state index contributed by atoms with van der Waals surface area (Å²) in [6.45, 7) is 3.94. The first kappa shape index (κ1) is 15.8. The van der Waals surface area contributed by atoms with Gasteiger partial charge in [-0.3, -0.25) is 0 Å². The molecule has 0 saturated carbocycles. The van der Waals surface area contributed by atoms with Crippen LogP contribution >= 0.6 is 0 Å². The van der Waals surface area contributed by atoms with Crippen LogP contribution in [0.3, 0.4) is 0 Å². The van der Waals surface area contributed by atoms with Gasteiger partial charge in [0, 0.05) is 26.8 Å². The maximum atomic E-state index is 12.0. The fourth-order valence-corrected chi connectivity index (χ4v) is 2.10. The van der Waals surface area contributed by atoms with Gasteiger partial charge in [-0.05, 0) is 5.92 Å². The first-order chi connectivity index (χ1) is 9.34. The van der Waals surface area contributed by atoms with Gasteiger partial charge in [-0.15, -0.1) is 0 Å². The average molecular weight is 276 g/mol. The molecule has 0 aliphatic heterocycles. The summed E-state index contributed by atoms with van der Waals surface area (Å²) in [6, 6.07) is 2.15. The normalized spacial score (nSPS) is 10.9. The second kappa shape index (κ2) is 6.24. The lowest BCUT2D eigenvalue weighted by molar-refractivity contribution is 0.0590. The number of methoxy groups -OCH3 is 1. The SMILES string of the molecule is COC(=O)c1c(/N=C/N(C)C)c(C#N)c(C(C)C)n1C. The Kier molecular flexibility index (Phi) is 4.92. The van der Waals surface area contributed by atoms with Gasteiger partial charge in [0.1, 0.15) is 11.8 Å². The van der Waals surface area contributed by atoms with Gasteiger partial charge in [0.05, 0.1) is 19.0 Å². The van der Waals surface area contributed by atoms with Crippen molar-refractivity contribution in [2.75, 3.05) is 21.2 Å². The summed E-state index contributed by atoms with van der Waals surface area (Å²) in [5.41, 5.74) is 1.85. The van der Waals surface area contributed by atoms with Crippen molar-refractivity contribution in [1.29, 1.82) is 5.26 Å². The highest BCUT2D eigenvalue weighted by molar-refractivity contribution is 5.96. The van der Waals surface area contributed by atoms with Gasteiger partial charge >= 0.3 is 5.97 Å². The number of carbonyl (C=O) groups excluding carboxylic acids is 1. The number of aromatic nitrogens is 1. The lowest BCUT2D eigenvalue weighted by atomic mass is 10.1. The number of aliphatic imine (C=N–C) groups is 1. The van der Waals surface area contributed by atoms with Crippen molar-refractivity contribution < 1.29 is 9.53 Å². The highest BCUT2D eigenvalue weighted by Gasteiger charge is 2.27. The van der Waals surface area contributed by atoms with Crippen LogP contribution in [0.5, 0.6) is 0 Å². The maximum absolute atomic E-state index is 12.0. The summed E-state index contributed by atoms with van der Waals surface area (Å²) in [5, 5.41) is 9.40. The molecule has 0 aliphatic rings. The van der Waals surface area contributed by atoms with E-state index in [1.165, 1.54) is 7.11 Å². The number of hydrogen-bond acceptors (Lipinski definition) is 4. The van der Waals surface area contributed by atoms with Crippen LogP contribution in [-0.4, -0.2) is 43.0 Å². The first-order valence-electron chi connectivity index (χ1n) is 6.26. The van der Waals surface area contributed by atoms with Gasteiger partial charge in [0.25, 0.3) is 0 Å². The number of hydrogen-bond donors (Lipinski definition) is 0. The Balaban J connectivity index is 3.64. The quantitative estimate of drug-likeness (QED) is 0.479. The number of nitrogens with zero attached hydrogens (tertiary/aromatic N) is 4. The molecule has 0 aliphatic carbocycles. The molecular weight excluding hydrogens is 256 g/mol. The average Bonchev–Trinajstić information content (AvgIpc) is 2.67. The third kappa shape index (κ3) is 2.82. The molecule has 6 heteroatoms. The zero-order valence-electron chi connectivity index (χ0n) is 12.8. The van der Waals surface area contributed by atoms with Gasteiger partial charge in [0.2, 0.25) is 0 Å². The van der Waals surface area contributed by atoms with Gasteiger partial charge in [-0.1, -0.05) is 13.8 Å². The van der Waals surface area contributed by atoms with Crippen molar-refractivity contribution in [3.05, 3.63) is 17.0 Å². The summed E-state index contributed by atoms with van der Waals surface area (Å²) >= 11 is 0. The van der Waals surface area contributed by atoms with Gasteiger partial charge in [-0.25, -0.2) is 9.79 Å². The minimum atomic E-state index is -0.498. The van der Waals surface area contributed by atoms with E-state index in [0.29, 0.717) is 16.9 Å². The fraction of sp³-hybridized carbons (Fsp3) is 0.500. The van der Waals surface area contributed by atoms with Crippen LogP contribution < -0.4 is 0 Å². The molecule has 0 amide bonds. The number of carbonyl (C=O) groups is 1. The summed E-state index contributed by atoms with van der Waals surface area (Å²) in [4.78, 5) is 18.0. The molecule has 1 aromatic rings. The Morgan fingerprint density at radius 1 is 1.50 bits per heavy atom. The van der Waals surface area contributed by atoms with Crippen LogP contribution in [0.15, 0.2) is 4.99 Å². The highest BCUT2D eigenvalue weighted by Crippen LogP contribution is 2.34. The van der Waals surface area contributed by atoms with Crippen LogP contribution in [0.4, 0.5) is 5.69 Å². The molecule has 108 valence electrons. The lowest BCUT2D eigenvalue weighted by Crippen LogP contribution is -2.11. The van der Waals surface area contributed by atoms with Crippen molar-refractivity contribution >= 4 is 18.0 Å². The summed E-state index contributed by atoms with van der Waals surface area (Å²) in [5.74, 6) is -0.400. The van der Waals surface area contributed by atoms with E-state index >= 15 is 0 Å². The molecule has 0 fully saturated rings. The zero-order valence-corrected chi connectivity index (χ0v) is 12.8. The summed E-state index contributed by atoms with van der Waals surface area (Å²) < 4.78 is 6.49. The molecule has 0 radical (unpaired) electrons. The van der Waals surface area contributed by atoms with Crippen molar-refractivity contribution in [3.63, 3.8) is 0 Å². The largest absolute Gasteiger partial charge is 0.464 e. The molecule has 0 aromatic carbocycles. The van der Waals surface area contributed by atoms with Crippen molar-refractivity contribution in [3.8, 4) is 6.07 Å². The van der Waals surface area contributed by atoms with E-state index in [1.54, 1.807) is 22.9 Å². The van der Waals surface area contributed by atoms with Crippen LogP contribution in [0.1, 0.15) is 41.5 Å². The molecule has 1 aromatic heterocycles. The van der Waals surface area contributed by atoms with E-state index in [2.05, 4.69) is 11.1 Å². The third-order valence-corrected chi connectivity index (χ3v) is 2.87. The summed E-state index contributed by atoms with van der Waals surface area (Å²) in [7, 11) is 6.70. The van der Waals surface area contributed by atoms with Gasteiger partial charge < -0.3 is 14.2 Å². The topological polar surface area (TPSA) is 70.6 Å². The molecule has 1 rings (SSSR count). The number of esters is 1. The lowest BCUT2D eigenvalue weighted by Gasteiger charge is -2.09. The molecule has 0 N–H and O–H groups in total. The van der Waals surface area contributed by atoms with E-state index in [0.717, 1.165) is 5.69 Å². The molecule has 20 heavy (non-hydrogen) atoms. The molecular formula is C14H20N4O2. The zero-order chi connectivity index (χ0) is 15.4. The molecule has 0 atom stereocenters. The number of ether oxygens (including phenoxy) is 1. The maximum Gasteiger partial charge on any atom is 0.356 e. The van der Waals surface area contributed by atoms with E-state index in [9.17, 15) is 10.1 Å². The molecule has 0 unspecified atom stereocenters. The van der Waals surface area contributed by atoms with E-state index in [-0.39, 0.29) is 5.92 Å². The number of nitriles is 1. The molecule has 1 heterocycles. The predicted molar refractivity (Wildman–Crippen MR) is 77.4 cm³/mol. The third-order valence-electron chi connectivity index (χ3n) is 2.87. The monoisotopic (exact) mass is 276 g/mol. The smallest absolute Gasteiger partial charge is 0.356 e. The van der Waals surface area contributed by atoms with E-state index < -0.39 is 5.97 Å². The Labute approximate surface area is 119 Å². The fourth-order valence-electron chi connectivity index (χ4n) is 2.10. The minimum Gasteiger partial charge on any atom is -0.464 e. The Hall–Kier alpha value is -2.29. The van der Waals surface area contributed by atoms with E-state index in [4.69, 9.17) is 4.74 Å². The Bertz CT molecular complexity index is 577. The minimum absolute atomic E-state index is 0.0985. The molecule has 0 saturated heterocycles. The van der Waals surface area contributed by atoms with Gasteiger partial charge in [0.15, 0.2) is 5.69 Å². The van der Waals surface area contributed by atoms with Gasteiger partial charge in [-0.2, -0.15) is 5.26 Å². The molecule has 6 nitrogen and oxygen atoms in total. The predicted octanol–water partition coefficient (Wildman–Crippen LogP) is 2.03. The van der Waals surface area contributed by atoms with Crippen LogP contribution in [0, 0.1) is 11.3 Å². The molecule has 0 spiro atoms. The van der Waals surface area contributed by atoms with Crippen molar-refractivity contribution in [2.45, 2.75) is 19.8 Å². The summed E-state index contributed by atoms with van der Waals surface area (Å²) in [6.07, 6.45) is 1.56. The number of rotatable bonds is 4. The van der Waals surface area contributed by atoms with Crippen molar-refractivity contribution in [2.24, 2.45) is 12.0 Å². The Morgan fingerprint density at radius 3 is 2.50 bits per heavy atom. The van der Waals surface area contributed by atoms with Crippen molar-refractivity contribution in [1.82, 2.24) is 9.47 Å². The van der Waals surface area contributed by atoms with Crippen LogP contribution in [0.25, 0.3) is 0 Å². The van der Waals surface area contributed by atoms with Crippen LogP contribution in [-0.2, 0) is 11.8 Å². The standard InChI is InChI=1S/C14H20N4O2/c1-9(2)12-10(7-15)11(16-8-17(3)4)13(18(12)5)14(19)20-6/h8-9H,1-6H3/b16-8+. The Morgan fingerprint density at radius 2 is 2.10 bits per heavy atom. The first-order valence-corrected chi connectivity index (χ1v) is 6.26. The van der Waals surface area contributed by atoms with Crippen LogP contribution in [0.2, 0.25) is 0 Å². The second-order valence-corrected chi connectivity index (χ2v) is 4.98. The second-order valence-electron chi connectivity index (χ2n) is 4.98. The molecule has 0 bridgehead atoms.